The number of rotatable bonds is 10. The fourth-order valence-electron chi connectivity index (χ4n) is 1.85. The third-order valence-corrected chi connectivity index (χ3v) is 4.88. The number of hydrogen-bond acceptors (Lipinski definition) is 6. The number of aromatic nitrogens is 2. The topological polar surface area (TPSA) is 47.0 Å². The molecule has 6 heteroatoms. The van der Waals surface area contributed by atoms with Gasteiger partial charge in [0.1, 0.15) is 10.0 Å². The van der Waals surface area contributed by atoms with Crippen molar-refractivity contribution in [3.05, 3.63) is 32.4 Å². The van der Waals surface area contributed by atoms with Crippen molar-refractivity contribution >= 4 is 22.7 Å². The van der Waals surface area contributed by atoms with E-state index in [1.807, 2.05) is 11.3 Å². The molecule has 0 saturated heterocycles. The number of hydrogen-bond donors (Lipinski definition) is 1. The minimum atomic E-state index is 0.754. The third-order valence-electron chi connectivity index (χ3n) is 2.90. The van der Waals surface area contributed by atoms with E-state index < -0.39 is 0 Å². The largest absolute Gasteiger partial charge is 0.383 e. The highest BCUT2D eigenvalue weighted by Crippen LogP contribution is 2.15. The van der Waals surface area contributed by atoms with Crippen molar-refractivity contribution in [2.24, 2.45) is 0 Å². The number of nitrogens with one attached hydrogen (secondary N) is 1. The molecular formula is C14H21N3OS2. The highest BCUT2D eigenvalue weighted by atomic mass is 32.1. The van der Waals surface area contributed by atoms with Gasteiger partial charge in [-0.25, -0.2) is 0 Å². The summed E-state index contributed by atoms with van der Waals surface area (Å²) in [5.74, 6) is 0. The average Bonchev–Trinajstić information content (AvgIpc) is 3.11. The molecule has 0 aliphatic carbocycles. The fourth-order valence-corrected chi connectivity index (χ4v) is 3.49. The first-order valence-electron chi connectivity index (χ1n) is 6.92. The molecule has 2 aromatic heterocycles. The molecule has 0 amide bonds. The van der Waals surface area contributed by atoms with Crippen LogP contribution in [-0.2, 0) is 24.0 Å². The van der Waals surface area contributed by atoms with Gasteiger partial charge < -0.3 is 10.1 Å². The van der Waals surface area contributed by atoms with Crippen LogP contribution in [0.5, 0.6) is 0 Å². The maximum absolute atomic E-state index is 4.99. The molecule has 0 atom stereocenters. The SMILES string of the molecule is COCCNCCc1nnc(CCCc2cccs2)s1. The second-order valence-corrected chi connectivity index (χ2v) is 6.69. The van der Waals surface area contributed by atoms with Crippen LogP contribution >= 0.6 is 22.7 Å². The molecule has 0 aliphatic heterocycles. The lowest BCUT2D eigenvalue weighted by molar-refractivity contribution is 0.199. The zero-order valence-corrected chi connectivity index (χ0v) is 13.4. The van der Waals surface area contributed by atoms with Crippen molar-refractivity contribution in [2.75, 3.05) is 26.8 Å². The Morgan fingerprint density at radius 3 is 2.75 bits per heavy atom. The Balaban J connectivity index is 1.61. The van der Waals surface area contributed by atoms with Gasteiger partial charge in [0, 0.05) is 37.9 Å². The minimum absolute atomic E-state index is 0.754. The van der Waals surface area contributed by atoms with Crippen LogP contribution < -0.4 is 5.32 Å². The molecule has 0 unspecified atom stereocenters. The quantitative estimate of drug-likeness (QED) is 0.685. The van der Waals surface area contributed by atoms with Gasteiger partial charge in [-0.15, -0.1) is 32.9 Å². The lowest BCUT2D eigenvalue weighted by atomic mass is 10.2. The summed E-state index contributed by atoms with van der Waals surface area (Å²) in [7, 11) is 1.72. The van der Waals surface area contributed by atoms with Crippen molar-refractivity contribution < 1.29 is 4.74 Å². The van der Waals surface area contributed by atoms with Gasteiger partial charge in [-0.2, -0.15) is 0 Å². The van der Waals surface area contributed by atoms with Crippen LogP contribution in [0.4, 0.5) is 0 Å². The van der Waals surface area contributed by atoms with Crippen LogP contribution in [0.3, 0.4) is 0 Å². The summed E-state index contributed by atoms with van der Waals surface area (Å²) in [5.41, 5.74) is 0. The summed E-state index contributed by atoms with van der Waals surface area (Å²) in [4.78, 5) is 1.46. The number of ether oxygens (including phenoxy) is 1. The summed E-state index contributed by atoms with van der Waals surface area (Å²) >= 11 is 3.57. The van der Waals surface area contributed by atoms with Gasteiger partial charge in [-0.3, -0.25) is 0 Å². The number of nitrogens with zero attached hydrogens (tertiary/aromatic N) is 2. The second-order valence-electron chi connectivity index (χ2n) is 4.52. The highest BCUT2D eigenvalue weighted by Gasteiger charge is 2.04. The Morgan fingerprint density at radius 2 is 2.00 bits per heavy atom. The zero-order valence-electron chi connectivity index (χ0n) is 11.8. The zero-order chi connectivity index (χ0) is 14.0. The van der Waals surface area contributed by atoms with E-state index >= 15 is 0 Å². The van der Waals surface area contributed by atoms with Gasteiger partial charge in [0.15, 0.2) is 0 Å². The molecule has 1 N–H and O–H groups in total. The van der Waals surface area contributed by atoms with E-state index in [4.69, 9.17) is 4.74 Å². The first-order valence-corrected chi connectivity index (χ1v) is 8.61. The molecular weight excluding hydrogens is 290 g/mol. The van der Waals surface area contributed by atoms with Crippen LogP contribution in [-0.4, -0.2) is 37.0 Å². The monoisotopic (exact) mass is 311 g/mol. The Bertz CT molecular complexity index is 470. The maximum Gasteiger partial charge on any atom is 0.118 e. The van der Waals surface area contributed by atoms with Crippen molar-refractivity contribution in [2.45, 2.75) is 25.7 Å². The Hall–Kier alpha value is -0.820. The first kappa shape index (κ1) is 15.6. The minimum Gasteiger partial charge on any atom is -0.383 e. The Morgan fingerprint density at radius 1 is 1.15 bits per heavy atom. The molecule has 110 valence electrons. The van der Waals surface area contributed by atoms with Gasteiger partial charge in [-0.05, 0) is 24.3 Å². The molecule has 0 aromatic carbocycles. The van der Waals surface area contributed by atoms with Crippen molar-refractivity contribution in [1.82, 2.24) is 15.5 Å². The summed E-state index contributed by atoms with van der Waals surface area (Å²) in [6.07, 6.45) is 4.28. The third kappa shape index (κ3) is 5.66. The van der Waals surface area contributed by atoms with Gasteiger partial charge in [0.05, 0.1) is 6.61 Å². The molecule has 0 aliphatic rings. The molecule has 0 bridgehead atoms. The summed E-state index contributed by atoms with van der Waals surface area (Å²) in [5, 5.41) is 16.3. The number of thiophene rings is 1. The summed E-state index contributed by atoms with van der Waals surface area (Å²) in [6.45, 7) is 2.58. The molecule has 0 radical (unpaired) electrons. The van der Waals surface area contributed by atoms with Gasteiger partial charge in [-0.1, -0.05) is 6.07 Å². The van der Waals surface area contributed by atoms with E-state index in [0.29, 0.717) is 0 Å². The molecule has 2 aromatic rings. The second kappa shape index (κ2) is 9.18. The van der Waals surface area contributed by atoms with Crippen LogP contribution in [0.15, 0.2) is 17.5 Å². The summed E-state index contributed by atoms with van der Waals surface area (Å²) in [6, 6.07) is 4.31. The lowest BCUT2D eigenvalue weighted by Crippen LogP contribution is -2.21. The van der Waals surface area contributed by atoms with Crippen LogP contribution in [0, 0.1) is 0 Å². The van der Waals surface area contributed by atoms with E-state index in [-0.39, 0.29) is 0 Å². The molecule has 2 heterocycles. The standard InChI is InChI=1S/C14H21N3OS2/c1-18-10-9-15-8-7-14-17-16-13(20-14)6-2-4-12-5-3-11-19-12/h3,5,11,15H,2,4,6-10H2,1H3. The Kier molecular flexibility index (Phi) is 7.14. The van der Waals surface area contributed by atoms with Crippen molar-refractivity contribution in [1.29, 1.82) is 0 Å². The molecule has 4 nitrogen and oxygen atoms in total. The predicted octanol–water partition coefficient (Wildman–Crippen LogP) is 2.55. The fraction of sp³-hybridized carbons (Fsp3) is 0.571. The van der Waals surface area contributed by atoms with E-state index in [0.717, 1.165) is 55.4 Å². The Labute approximate surface area is 128 Å². The average molecular weight is 311 g/mol. The van der Waals surface area contributed by atoms with E-state index in [1.54, 1.807) is 18.4 Å². The summed E-state index contributed by atoms with van der Waals surface area (Å²) < 4.78 is 4.99. The molecule has 2 rings (SSSR count). The van der Waals surface area contributed by atoms with Gasteiger partial charge in [0.2, 0.25) is 0 Å². The first-order chi connectivity index (χ1) is 9.88. The maximum atomic E-state index is 4.99. The smallest absolute Gasteiger partial charge is 0.118 e. The molecule has 0 spiro atoms. The van der Waals surface area contributed by atoms with E-state index in [1.165, 1.54) is 4.88 Å². The predicted molar refractivity (Wildman–Crippen MR) is 84.7 cm³/mol. The van der Waals surface area contributed by atoms with E-state index in [2.05, 4.69) is 33.0 Å². The van der Waals surface area contributed by atoms with Gasteiger partial charge in [0.25, 0.3) is 0 Å². The lowest BCUT2D eigenvalue weighted by Gasteiger charge is -2.00. The number of methoxy groups -OCH3 is 1. The number of aryl methyl sites for hydroxylation is 2. The van der Waals surface area contributed by atoms with Crippen molar-refractivity contribution in [3.63, 3.8) is 0 Å². The van der Waals surface area contributed by atoms with Crippen LogP contribution in [0.2, 0.25) is 0 Å². The molecule has 0 fully saturated rings. The highest BCUT2D eigenvalue weighted by molar-refractivity contribution is 7.11. The molecule has 20 heavy (non-hydrogen) atoms. The molecule has 0 saturated carbocycles. The van der Waals surface area contributed by atoms with Crippen LogP contribution in [0.25, 0.3) is 0 Å². The van der Waals surface area contributed by atoms with Crippen LogP contribution in [0.1, 0.15) is 21.3 Å². The van der Waals surface area contributed by atoms with E-state index in [9.17, 15) is 0 Å². The van der Waals surface area contributed by atoms with Crippen molar-refractivity contribution in [3.8, 4) is 0 Å². The van der Waals surface area contributed by atoms with Gasteiger partial charge >= 0.3 is 0 Å². The normalized spacial score (nSPS) is 11.1.